The molecule has 0 aliphatic rings. The van der Waals surface area contributed by atoms with Crippen LogP contribution in [0.2, 0.25) is 0 Å². The number of benzene rings is 1. The third-order valence-corrected chi connectivity index (χ3v) is 2.24. The smallest absolute Gasteiger partial charge is 0.295 e. The van der Waals surface area contributed by atoms with E-state index in [1.165, 1.54) is 5.56 Å². The Morgan fingerprint density at radius 3 is 2.88 bits per heavy atom. The van der Waals surface area contributed by atoms with Gasteiger partial charge in [-0.3, -0.25) is 0 Å². The Hall–Kier alpha value is -1.55. The molecule has 4 nitrogen and oxygen atoms in total. The molecule has 4 heteroatoms. The fraction of sp³-hybridized carbons (Fsp3) is 0.417. The number of nitrogens with zero attached hydrogens (tertiary/aromatic N) is 1. The van der Waals surface area contributed by atoms with Crippen molar-refractivity contribution in [2.45, 2.75) is 26.3 Å². The third-order valence-electron chi connectivity index (χ3n) is 2.24. The van der Waals surface area contributed by atoms with Gasteiger partial charge in [-0.1, -0.05) is 6.07 Å². The van der Waals surface area contributed by atoms with E-state index in [2.05, 4.69) is 10.3 Å². The van der Waals surface area contributed by atoms with E-state index in [9.17, 15) is 0 Å². The van der Waals surface area contributed by atoms with Crippen LogP contribution in [-0.2, 0) is 0 Å². The molecule has 3 N–H and O–H groups in total. The molecule has 1 heterocycles. The van der Waals surface area contributed by atoms with Crippen molar-refractivity contribution >= 4 is 17.1 Å². The summed E-state index contributed by atoms with van der Waals surface area (Å²) in [7, 11) is 0. The SMILES string of the molecule is Cc1ccc2oc(NCC(C)(C)N)nc2c1. The largest absolute Gasteiger partial charge is 0.424 e. The number of aromatic nitrogens is 1. The highest BCUT2D eigenvalue weighted by molar-refractivity contribution is 5.75. The molecule has 0 fully saturated rings. The molecule has 1 aromatic carbocycles. The second kappa shape index (κ2) is 3.79. The minimum absolute atomic E-state index is 0.281. The molecule has 0 saturated heterocycles. The van der Waals surface area contributed by atoms with Crippen LogP contribution < -0.4 is 11.1 Å². The Labute approximate surface area is 94.8 Å². The van der Waals surface area contributed by atoms with Crippen LogP contribution in [0.5, 0.6) is 0 Å². The Bertz CT molecular complexity index is 496. The number of fused-ring (bicyclic) bond motifs is 1. The number of aryl methyl sites for hydroxylation is 1. The molecule has 0 bridgehead atoms. The molecule has 2 aromatic rings. The highest BCUT2D eigenvalue weighted by atomic mass is 16.4. The van der Waals surface area contributed by atoms with Gasteiger partial charge >= 0.3 is 0 Å². The monoisotopic (exact) mass is 219 g/mol. The lowest BCUT2D eigenvalue weighted by atomic mass is 10.1. The highest BCUT2D eigenvalue weighted by Crippen LogP contribution is 2.19. The van der Waals surface area contributed by atoms with Crippen LogP contribution in [0.15, 0.2) is 22.6 Å². The Balaban J connectivity index is 2.20. The first-order valence-corrected chi connectivity index (χ1v) is 5.34. The maximum atomic E-state index is 5.87. The van der Waals surface area contributed by atoms with Crippen molar-refractivity contribution in [3.05, 3.63) is 23.8 Å². The predicted molar refractivity (Wildman–Crippen MR) is 65.5 cm³/mol. The quantitative estimate of drug-likeness (QED) is 0.831. The fourth-order valence-corrected chi connectivity index (χ4v) is 1.42. The molecule has 0 saturated carbocycles. The summed E-state index contributed by atoms with van der Waals surface area (Å²) in [5.41, 5.74) is 8.43. The summed E-state index contributed by atoms with van der Waals surface area (Å²) in [6.45, 7) is 6.56. The normalized spacial score (nSPS) is 12.0. The minimum atomic E-state index is -0.281. The first-order valence-electron chi connectivity index (χ1n) is 5.34. The number of nitrogens with two attached hydrogens (primary N) is 1. The van der Waals surface area contributed by atoms with Crippen molar-refractivity contribution in [2.24, 2.45) is 5.73 Å². The molecule has 16 heavy (non-hydrogen) atoms. The molecule has 0 radical (unpaired) electrons. The summed E-state index contributed by atoms with van der Waals surface area (Å²) in [5.74, 6) is 0. The molecule has 0 aliphatic carbocycles. The van der Waals surface area contributed by atoms with Crippen molar-refractivity contribution in [1.82, 2.24) is 4.98 Å². The number of hydrogen-bond acceptors (Lipinski definition) is 4. The van der Waals surface area contributed by atoms with Gasteiger partial charge in [-0.25, -0.2) is 0 Å². The van der Waals surface area contributed by atoms with E-state index >= 15 is 0 Å². The number of oxazole rings is 1. The van der Waals surface area contributed by atoms with Gasteiger partial charge in [0.05, 0.1) is 0 Å². The summed E-state index contributed by atoms with van der Waals surface area (Å²) in [5, 5.41) is 3.09. The first-order chi connectivity index (χ1) is 7.44. The van der Waals surface area contributed by atoms with E-state index in [4.69, 9.17) is 10.2 Å². The molecule has 0 unspecified atom stereocenters. The highest BCUT2D eigenvalue weighted by Gasteiger charge is 2.12. The zero-order valence-electron chi connectivity index (χ0n) is 9.87. The first kappa shape index (κ1) is 11.0. The van der Waals surface area contributed by atoms with E-state index in [0.717, 1.165) is 11.1 Å². The van der Waals surface area contributed by atoms with Crippen LogP contribution in [0.3, 0.4) is 0 Å². The van der Waals surface area contributed by atoms with Gasteiger partial charge in [0.2, 0.25) is 0 Å². The molecule has 86 valence electrons. The van der Waals surface area contributed by atoms with E-state index in [0.29, 0.717) is 12.6 Å². The molecule has 1 aromatic heterocycles. The Kier molecular flexibility index (Phi) is 2.59. The Morgan fingerprint density at radius 1 is 1.44 bits per heavy atom. The Morgan fingerprint density at radius 2 is 2.19 bits per heavy atom. The summed E-state index contributed by atoms with van der Waals surface area (Å²) in [4.78, 5) is 4.34. The van der Waals surface area contributed by atoms with Crippen LogP contribution in [0, 0.1) is 6.92 Å². The molecule has 0 aliphatic heterocycles. The van der Waals surface area contributed by atoms with Gasteiger partial charge in [0, 0.05) is 12.1 Å². The lowest BCUT2D eigenvalue weighted by molar-refractivity contribution is 0.530. The number of anilines is 1. The van der Waals surface area contributed by atoms with Gasteiger partial charge in [0.25, 0.3) is 6.01 Å². The van der Waals surface area contributed by atoms with Crippen LogP contribution >= 0.6 is 0 Å². The lowest BCUT2D eigenvalue weighted by Gasteiger charge is -2.17. The lowest BCUT2D eigenvalue weighted by Crippen LogP contribution is -2.39. The zero-order valence-corrected chi connectivity index (χ0v) is 9.87. The van der Waals surface area contributed by atoms with Crippen LogP contribution in [0.1, 0.15) is 19.4 Å². The fourth-order valence-electron chi connectivity index (χ4n) is 1.42. The van der Waals surface area contributed by atoms with Gasteiger partial charge in [0.1, 0.15) is 5.52 Å². The van der Waals surface area contributed by atoms with E-state index < -0.39 is 0 Å². The molecule has 2 rings (SSSR count). The molecule has 0 atom stereocenters. The van der Waals surface area contributed by atoms with Crippen molar-refractivity contribution in [2.75, 3.05) is 11.9 Å². The van der Waals surface area contributed by atoms with Crippen LogP contribution in [0.4, 0.5) is 6.01 Å². The second-order valence-electron chi connectivity index (χ2n) is 4.83. The third kappa shape index (κ3) is 2.52. The number of rotatable bonds is 3. The van der Waals surface area contributed by atoms with Crippen LogP contribution in [0.25, 0.3) is 11.1 Å². The van der Waals surface area contributed by atoms with E-state index in [-0.39, 0.29) is 5.54 Å². The summed E-state index contributed by atoms with van der Waals surface area (Å²) in [6.07, 6.45) is 0. The van der Waals surface area contributed by atoms with Crippen molar-refractivity contribution in [1.29, 1.82) is 0 Å². The summed E-state index contributed by atoms with van der Waals surface area (Å²) >= 11 is 0. The minimum Gasteiger partial charge on any atom is -0.424 e. The maximum Gasteiger partial charge on any atom is 0.295 e. The topological polar surface area (TPSA) is 64.1 Å². The molecular weight excluding hydrogens is 202 g/mol. The number of hydrogen-bond donors (Lipinski definition) is 2. The van der Waals surface area contributed by atoms with Gasteiger partial charge < -0.3 is 15.5 Å². The van der Waals surface area contributed by atoms with Crippen molar-refractivity contribution < 1.29 is 4.42 Å². The van der Waals surface area contributed by atoms with Crippen LogP contribution in [-0.4, -0.2) is 17.1 Å². The summed E-state index contributed by atoms with van der Waals surface area (Å²) in [6, 6.07) is 6.46. The zero-order chi connectivity index (χ0) is 11.8. The average Bonchev–Trinajstić information content (AvgIpc) is 2.55. The number of nitrogens with one attached hydrogen (secondary N) is 1. The van der Waals surface area contributed by atoms with Gasteiger partial charge in [-0.2, -0.15) is 4.98 Å². The van der Waals surface area contributed by atoms with Crippen molar-refractivity contribution in [3.8, 4) is 0 Å². The summed E-state index contributed by atoms with van der Waals surface area (Å²) < 4.78 is 5.54. The van der Waals surface area contributed by atoms with E-state index in [1.807, 2.05) is 39.0 Å². The van der Waals surface area contributed by atoms with Gasteiger partial charge in [-0.05, 0) is 38.5 Å². The molecular formula is C12H17N3O. The molecule has 0 amide bonds. The van der Waals surface area contributed by atoms with Crippen molar-refractivity contribution in [3.63, 3.8) is 0 Å². The molecule has 0 spiro atoms. The van der Waals surface area contributed by atoms with Gasteiger partial charge in [-0.15, -0.1) is 0 Å². The van der Waals surface area contributed by atoms with E-state index in [1.54, 1.807) is 0 Å². The standard InChI is InChI=1S/C12H17N3O/c1-8-4-5-10-9(6-8)15-11(16-10)14-7-12(2,3)13/h4-6H,7,13H2,1-3H3,(H,14,15). The average molecular weight is 219 g/mol. The second-order valence-corrected chi connectivity index (χ2v) is 4.83. The predicted octanol–water partition coefficient (Wildman–Crippen LogP) is 2.29. The maximum absolute atomic E-state index is 5.87. The van der Waals surface area contributed by atoms with Gasteiger partial charge in [0.15, 0.2) is 5.58 Å².